The number of pyridine rings is 1. The molecule has 0 amide bonds. The lowest BCUT2D eigenvalue weighted by Gasteiger charge is -1.98. The number of aromatic nitrogens is 2. The molecule has 0 bridgehead atoms. The van der Waals surface area contributed by atoms with Crippen molar-refractivity contribution in [1.29, 1.82) is 0 Å². The molecule has 0 saturated heterocycles. The van der Waals surface area contributed by atoms with Gasteiger partial charge >= 0.3 is 5.97 Å². The van der Waals surface area contributed by atoms with Crippen LogP contribution >= 0.6 is 11.8 Å². The third-order valence-corrected chi connectivity index (χ3v) is 3.93. The van der Waals surface area contributed by atoms with Crippen LogP contribution < -0.4 is 0 Å². The Hall–Kier alpha value is -2.67. The van der Waals surface area contributed by atoms with Gasteiger partial charge in [0.15, 0.2) is 5.82 Å². The molecule has 6 nitrogen and oxygen atoms in total. The molecule has 0 unspecified atom stereocenters. The Balaban J connectivity index is 2.03. The van der Waals surface area contributed by atoms with E-state index >= 15 is 0 Å². The molecule has 0 atom stereocenters. The van der Waals surface area contributed by atoms with Gasteiger partial charge in [0.05, 0.1) is 17.8 Å². The van der Waals surface area contributed by atoms with Gasteiger partial charge < -0.3 is 5.11 Å². The minimum Gasteiger partial charge on any atom is -0.481 e. The van der Waals surface area contributed by atoms with Gasteiger partial charge in [0, 0.05) is 11.1 Å². The quantitative estimate of drug-likeness (QED) is 0.565. The summed E-state index contributed by atoms with van der Waals surface area (Å²) in [5, 5.41) is 17.5. The van der Waals surface area contributed by atoms with Crippen LogP contribution in [0.4, 0.5) is 11.5 Å². The fourth-order valence-electron chi connectivity index (χ4n) is 2.18. The number of aliphatic carboxylic acids is 1. The van der Waals surface area contributed by atoms with Crippen LogP contribution in [-0.2, 0) is 11.2 Å². The number of hydrogen-bond acceptors (Lipinski definition) is 5. The van der Waals surface area contributed by atoms with Crippen molar-refractivity contribution in [2.75, 3.05) is 6.26 Å². The van der Waals surface area contributed by atoms with Gasteiger partial charge in [-0.15, -0.1) is 22.0 Å². The van der Waals surface area contributed by atoms with Crippen molar-refractivity contribution in [2.45, 2.75) is 11.3 Å². The summed E-state index contributed by atoms with van der Waals surface area (Å²) in [6.07, 6.45) is 3.59. The molecule has 0 saturated carbocycles. The molecule has 0 aliphatic carbocycles. The fraction of sp³-hybridized carbons (Fsp3) is 0.125. The second-order valence-corrected chi connectivity index (χ2v) is 5.66. The Morgan fingerprint density at radius 1 is 1.26 bits per heavy atom. The molecule has 2 heterocycles. The van der Waals surface area contributed by atoms with Crippen molar-refractivity contribution in [2.24, 2.45) is 10.2 Å². The molecule has 7 heteroatoms. The van der Waals surface area contributed by atoms with Crippen molar-refractivity contribution < 1.29 is 9.90 Å². The number of rotatable bonds is 5. The number of hydrogen-bond donors (Lipinski definition) is 1. The highest BCUT2D eigenvalue weighted by Crippen LogP contribution is 2.26. The summed E-state index contributed by atoms with van der Waals surface area (Å²) in [5.41, 5.74) is 1.76. The van der Waals surface area contributed by atoms with Crippen LogP contribution in [0.5, 0.6) is 0 Å². The van der Waals surface area contributed by atoms with Gasteiger partial charge in [-0.3, -0.25) is 9.20 Å². The summed E-state index contributed by atoms with van der Waals surface area (Å²) in [4.78, 5) is 16.4. The van der Waals surface area contributed by atoms with Crippen LogP contribution in [0.1, 0.15) is 5.69 Å². The molecule has 3 rings (SSSR count). The van der Waals surface area contributed by atoms with Crippen LogP contribution in [0.15, 0.2) is 63.8 Å². The lowest BCUT2D eigenvalue weighted by Crippen LogP contribution is -2.00. The predicted molar refractivity (Wildman–Crippen MR) is 88.9 cm³/mol. The average molecular weight is 326 g/mol. The molecule has 2 aromatic heterocycles. The van der Waals surface area contributed by atoms with Crippen LogP contribution in [0.3, 0.4) is 0 Å². The van der Waals surface area contributed by atoms with E-state index < -0.39 is 5.97 Å². The van der Waals surface area contributed by atoms with Crippen LogP contribution in [0.2, 0.25) is 0 Å². The molecule has 0 fully saturated rings. The van der Waals surface area contributed by atoms with Gasteiger partial charge in [-0.25, -0.2) is 4.98 Å². The zero-order chi connectivity index (χ0) is 16.2. The standard InChI is InChI=1S/C16H14N4O2S/c1-23-12-6-4-5-11(9-12)18-19-16-13(10-15(21)22)17-14-7-2-3-8-20(14)16/h2-9H,10H2,1H3,(H,21,22). The number of imidazole rings is 1. The molecular formula is C16H14N4O2S. The SMILES string of the molecule is CSc1cccc(N=Nc2c(CC(=O)O)nc3ccccn23)c1. The number of fused-ring (bicyclic) bond motifs is 1. The van der Waals surface area contributed by atoms with Crippen LogP contribution in [0, 0.1) is 0 Å². The Labute approximate surface area is 136 Å². The number of carboxylic acid groups (broad SMARTS) is 1. The summed E-state index contributed by atoms with van der Waals surface area (Å²) in [7, 11) is 0. The fourth-order valence-corrected chi connectivity index (χ4v) is 2.63. The molecule has 0 radical (unpaired) electrons. The second kappa shape index (κ2) is 6.62. The van der Waals surface area contributed by atoms with Crippen LogP contribution in [-0.4, -0.2) is 26.7 Å². The van der Waals surface area contributed by atoms with E-state index in [-0.39, 0.29) is 6.42 Å². The minimum atomic E-state index is -0.950. The Morgan fingerprint density at radius 2 is 2.13 bits per heavy atom. The van der Waals surface area contributed by atoms with E-state index in [0.29, 0.717) is 22.8 Å². The first kappa shape index (κ1) is 15.2. The monoisotopic (exact) mass is 326 g/mol. The van der Waals surface area contributed by atoms with Crippen molar-refractivity contribution in [3.05, 3.63) is 54.4 Å². The van der Waals surface area contributed by atoms with E-state index in [0.717, 1.165) is 4.90 Å². The predicted octanol–water partition coefficient (Wildman–Crippen LogP) is 4.10. The summed E-state index contributed by atoms with van der Waals surface area (Å²) in [5.74, 6) is -0.508. The maximum absolute atomic E-state index is 11.0. The number of azo groups is 1. The van der Waals surface area contributed by atoms with E-state index in [1.54, 1.807) is 28.4 Å². The third-order valence-electron chi connectivity index (χ3n) is 3.21. The van der Waals surface area contributed by atoms with E-state index in [9.17, 15) is 4.79 Å². The molecule has 23 heavy (non-hydrogen) atoms. The summed E-state index contributed by atoms with van der Waals surface area (Å²) >= 11 is 1.62. The number of nitrogens with zero attached hydrogens (tertiary/aromatic N) is 4. The highest BCUT2D eigenvalue weighted by atomic mass is 32.2. The molecule has 1 N–H and O–H groups in total. The molecule has 1 aromatic carbocycles. The lowest BCUT2D eigenvalue weighted by atomic mass is 10.3. The number of carbonyl (C=O) groups is 1. The Kier molecular flexibility index (Phi) is 4.38. The van der Waals surface area contributed by atoms with E-state index in [1.165, 1.54) is 0 Å². The van der Waals surface area contributed by atoms with Gasteiger partial charge in [-0.2, -0.15) is 0 Å². The molecule has 116 valence electrons. The summed E-state index contributed by atoms with van der Waals surface area (Å²) in [6.45, 7) is 0. The molecule has 0 aliphatic rings. The number of thioether (sulfide) groups is 1. The van der Waals surface area contributed by atoms with Crippen molar-refractivity contribution in [3.8, 4) is 0 Å². The molecular weight excluding hydrogens is 312 g/mol. The highest BCUT2D eigenvalue weighted by molar-refractivity contribution is 7.98. The van der Waals surface area contributed by atoms with E-state index in [1.807, 2.05) is 42.7 Å². The smallest absolute Gasteiger partial charge is 0.309 e. The van der Waals surface area contributed by atoms with E-state index in [2.05, 4.69) is 15.2 Å². The first-order valence-corrected chi connectivity index (χ1v) is 8.13. The summed E-state index contributed by atoms with van der Waals surface area (Å²) < 4.78 is 1.74. The molecule has 0 aliphatic heterocycles. The van der Waals surface area contributed by atoms with Crippen molar-refractivity contribution in [1.82, 2.24) is 9.38 Å². The molecule has 0 spiro atoms. The van der Waals surface area contributed by atoms with Crippen LogP contribution in [0.25, 0.3) is 5.65 Å². The van der Waals surface area contributed by atoms with Gasteiger partial charge in [0.25, 0.3) is 0 Å². The van der Waals surface area contributed by atoms with Gasteiger partial charge in [-0.05, 0) is 36.6 Å². The average Bonchev–Trinajstić information content (AvgIpc) is 2.89. The number of benzene rings is 1. The van der Waals surface area contributed by atoms with Gasteiger partial charge in [-0.1, -0.05) is 12.1 Å². The normalized spacial score (nSPS) is 11.3. The maximum atomic E-state index is 11.0. The Morgan fingerprint density at radius 3 is 2.91 bits per heavy atom. The lowest BCUT2D eigenvalue weighted by molar-refractivity contribution is -0.136. The minimum absolute atomic E-state index is 0.194. The second-order valence-electron chi connectivity index (χ2n) is 4.78. The molecule has 3 aromatic rings. The largest absolute Gasteiger partial charge is 0.481 e. The van der Waals surface area contributed by atoms with Gasteiger partial charge in [0.1, 0.15) is 5.65 Å². The first-order chi connectivity index (χ1) is 11.2. The number of carboxylic acids is 1. The third kappa shape index (κ3) is 3.40. The highest BCUT2D eigenvalue weighted by Gasteiger charge is 2.14. The maximum Gasteiger partial charge on any atom is 0.309 e. The van der Waals surface area contributed by atoms with Gasteiger partial charge in [0.2, 0.25) is 0 Å². The van der Waals surface area contributed by atoms with Crippen molar-refractivity contribution in [3.63, 3.8) is 0 Å². The zero-order valence-electron chi connectivity index (χ0n) is 12.4. The topological polar surface area (TPSA) is 79.3 Å². The van der Waals surface area contributed by atoms with E-state index in [4.69, 9.17) is 5.11 Å². The van der Waals surface area contributed by atoms with Crippen molar-refractivity contribution >= 4 is 34.9 Å². The Bertz CT molecular complexity index is 889. The first-order valence-electron chi connectivity index (χ1n) is 6.91. The zero-order valence-corrected chi connectivity index (χ0v) is 13.2. The summed E-state index contributed by atoms with van der Waals surface area (Å²) in [6, 6.07) is 13.2.